The molecule has 2 unspecified atom stereocenters. The fourth-order valence-corrected chi connectivity index (χ4v) is 3.65. The molecule has 3 amide bonds. The molecular weight excluding hydrogens is 358 g/mol. The van der Waals surface area contributed by atoms with Crippen LogP contribution in [0, 0.1) is 18.8 Å². The Balaban J connectivity index is 1.37. The van der Waals surface area contributed by atoms with Crippen LogP contribution in [0.4, 0.5) is 4.79 Å². The predicted molar refractivity (Wildman–Crippen MR) is 104 cm³/mol. The number of amides is 3. The lowest BCUT2D eigenvalue weighted by Gasteiger charge is -2.31. The summed E-state index contributed by atoms with van der Waals surface area (Å²) in [6.45, 7) is 5.81. The van der Waals surface area contributed by atoms with Gasteiger partial charge in [-0.1, -0.05) is 29.8 Å². The van der Waals surface area contributed by atoms with E-state index < -0.39 is 0 Å². The molecule has 2 fully saturated rings. The van der Waals surface area contributed by atoms with Crippen molar-refractivity contribution in [3.8, 4) is 0 Å². The number of hydrogen-bond acceptors (Lipinski definition) is 4. The zero-order chi connectivity index (χ0) is 20.1. The van der Waals surface area contributed by atoms with Crippen LogP contribution in [-0.2, 0) is 20.9 Å². The number of nitrogens with zero attached hydrogens (tertiary/aromatic N) is 1. The van der Waals surface area contributed by atoms with Gasteiger partial charge in [0, 0.05) is 25.7 Å². The van der Waals surface area contributed by atoms with Gasteiger partial charge < -0.3 is 20.3 Å². The van der Waals surface area contributed by atoms with Crippen LogP contribution >= 0.6 is 0 Å². The first-order valence-corrected chi connectivity index (χ1v) is 10.0. The van der Waals surface area contributed by atoms with Crippen LogP contribution in [0.15, 0.2) is 24.3 Å². The maximum atomic E-state index is 12.4. The lowest BCUT2D eigenvalue weighted by molar-refractivity contribution is -0.127. The zero-order valence-electron chi connectivity index (χ0n) is 16.6. The predicted octanol–water partition coefficient (Wildman–Crippen LogP) is 1.98. The van der Waals surface area contributed by atoms with Crippen LogP contribution in [0.3, 0.4) is 0 Å². The molecule has 1 aliphatic heterocycles. The molecule has 1 saturated carbocycles. The molecule has 1 aromatic rings. The fourth-order valence-electron chi connectivity index (χ4n) is 3.65. The van der Waals surface area contributed by atoms with Crippen molar-refractivity contribution in [2.24, 2.45) is 11.8 Å². The number of ether oxygens (including phenoxy) is 1. The quantitative estimate of drug-likeness (QED) is 0.781. The minimum absolute atomic E-state index is 0.0507. The summed E-state index contributed by atoms with van der Waals surface area (Å²) >= 11 is 0. The van der Waals surface area contributed by atoms with E-state index in [-0.39, 0.29) is 35.8 Å². The van der Waals surface area contributed by atoms with Crippen LogP contribution in [0.25, 0.3) is 0 Å². The fraction of sp³-hybridized carbons (Fsp3) is 0.571. The highest BCUT2D eigenvalue weighted by Crippen LogP contribution is 2.39. The summed E-state index contributed by atoms with van der Waals surface area (Å²) in [5.41, 5.74) is 2.22. The number of carbonyl (C=O) groups is 3. The average Bonchev–Trinajstić information content (AvgIpc) is 3.48. The second-order valence-corrected chi connectivity index (χ2v) is 7.62. The number of nitrogens with one attached hydrogen (secondary N) is 2. The standard InChI is InChI=1S/C21H29N3O4/c1-3-28-21(27)24-9-7-16(8-10-24)23-20(26)18-12-17(18)19(25)22-13-15-6-4-5-14(2)11-15/h4-6,11,16-18H,3,7-10,12-13H2,1-2H3,(H,22,25)(H,23,26). The molecule has 1 saturated heterocycles. The Kier molecular flexibility index (Phi) is 6.54. The van der Waals surface area contributed by atoms with Crippen LogP contribution in [-0.4, -0.2) is 48.5 Å². The van der Waals surface area contributed by atoms with Gasteiger partial charge in [0.2, 0.25) is 11.8 Å². The van der Waals surface area contributed by atoms with E-state index in [0.717, 1.165) is 11.1 Å². The van der Waals surface area contributed by atoms with Crippen LogP contribution in [0.5, 0.6) is 0 Å². The van der Waals surface area contributed by atoms with Crippen molar-refractivity contribution >= 4 is 17.9 Å². The first-order valence-electron chi connectivity index (χ1n) is 10.0. The molecule has 1 heterocycles. The summed E-state index contributed by atoms with van der Waals surface area (Å²) in [5.74, 6) is -0.575. The molecule has 1 aromatic carbocycles. The minimum atomic E-state index is -0.292. The summed E-state index contributed by atoms with van der Waals surface area (Å²) in [7, 11) is 0. The summed E-state index contributed by atoms with van der Waals surface area (Å²) in [5, 5.41) is 5.97. The maximum absolute atomic E-state index is 12.4. The second kappa shape index (κ2) is 9.08. The molecule has 7 heteroatoms. The highest BCUT2D eigenvalue weighted by Gasteiger charge is 2.48. The Morgan fingerprint density at radius 3 is 2.54 bits per heavy atom. The van der Waals surface area contributed by atoms with Gasteiger partial charge in [-0.25, -0.2) is 4.79 Å². The van der Waals surface area contributed by atoms with E-state index in [1.807, 2.05) is 31.2 Å². The van der Waals surface area contributed by atoms with Gasteiger partial charge in [0.05, 0.1) is 18.4 Å². The molecule has 28 heavy (non-hydrogen) atoms. The summed E-state index contributed by atoms with van der Waals surface area (Å²) in [4.78, 5) is 38.1. The van der Waals surface area contributed by atoms with Crippen LogP contribution in [0.1, 0.15) is 37.3 Å². The molecular formula is C21H29N3O4. The van der Waals surface area contributed by atoms with Crippen molar-refractivity contribution in [2.45, 2.75) is 45.7 Å². The first-order chi connectivity index (χ1) is 13.5. The van der Waals surface area contributed by atoms with Crippen molar-refractivity contribution < 1.29 is 19.1 Å². The summed E-state index contributed by atoms with van der Waals surface area (Å²) in [6.07, 6.45) is 1.73. The molecule has 152 valence electrons. The molecule has 0 aromatic heterocycles. The molecule has 7 nitrogen and oxygen atoms in total. The Labute approximate surface area is 165 Å². The van der Waals surface area contributed by atoms with Crippen LogP contribution in [0.2, 0.25) is 0 Å². The Bertz CT molecular complexity index is 728. The van der Waals surface area contributed by atoms with E-state index >= 15 is 0 Å². The van der Waals surface area contributed by atoms with Gasteiger partial charge in [-0.15, -0.1) is 0 Å². The Morgan fingerprint density at radius 2 is 1.86 bits per heavy atom. The van der Waals surface area contributed by atoms with Crippen LogP contribution < -0.4 is 10.6 Å². The third kappa shape index (κ3) is 5.24. The van der Waals surface area contributed by atoms with E-state index in [9.17, 15) is 14.4 Å². The highest BCUT2D eigenvalue weighted by atomic mass is 16.6. The van der Waals surface area contributed by atoms with Crippen molar-refractivity contribution in [2.75, 3.05) is 19.7 Å². The van der Waals surface area contributed by atoms with Gasteiger partial charge in [0.25, 0.3) is 0 Å². The minimum Gasteiger partial charge on any atom is -0.450 e. The largest absolute Gasteiger partial charge is 0.450 e. The number of piperidine rings is 1. The molecule has 2 N–H and O–H groups in total. The molecule has 0 radical (unpaired) electrons. The molecule has 3 rings (SSSR count). The van der Waals surface area contributed by atoms with Crippen molar-refractivity contribution in [3.05, 3.63) is 35.4 Å². The van der Waals surface area contributed by atoms with E-state index in [1.54, 1.807) is 11.8 Å². The van der Waals surface area contributed by atoms with Crippen molar-refractivity contribution in [1.29, 1.82) is 0 Å². The number of likely N-dealkylation sites (tertiary alicyclic amines) is 1. The molecule has 1 aliphatic carbocycles. The maximum Gasteiger partial charge on any atom is 0.409 e. The number of hydrogen-bond donors (Lipinski definition) is 2. The molecule has 0 spiro atoms. The number of carbonyl (C=O) groups excluding carboxylic acids is 3. The van der Waals surface area contributed by atoms with E-state index in [1.165, 1.54) is 0 Å². The van der Waals surface area contributed by atoms with Gasteiger partial charge in [-0.3, -0.25) is 9.59 Å². The topological polar surface area (TPSA) is 87.7 Å². The number of rotatable bonds is 6. The smallest absolute Gasteiger partial charge is 0.409 e. The van der Waals surface area contributed by atoms with Crippen molar-refractivity contribution in [1.82, 2.24) is 15.5 Å². The molecule has 2 atom stereocenters. The Hall–Kier alpha value is -2.57. The van der Waals surface area contributed by atoms with Gasteiger partial charge in [-0.05, 0) is 38.7 Å². The van der Waals surface area contributed by atoms with E-state index in [4.69, 9.17) is 4.74 Å². The summed E-state index contributed by atoms with van der Waals surface area (Å²) < 4.78 is 5.00. The number of benzene rings is 1. The zero-order valence-corrected chi connectivity index (χ0v) is 16.6. The van der Waals surface area contributed by atoms with Gasteiger partial charge in [0.15, 0.2) is 0 Å². The SMILES string of the molecule is CCOC(=O)N1CCC(NC(=O)C2CC2C(=O)NCc2cccc(C)c2)CC1. The van der Waals surface area contributed by atoms with Gasteiger partial charge in [-0.2, -0.15) is 0 Å². The van der Waals surface area contributed by atoms with E-state index in [0.29, 0.717) is 45.5 Å². The highest BCUT2D eigenvalue weighted by molar-refractivity contribution is 5.92. The molecule has 0 bridgehead atoms. The number of aryl methyl sites for hydroxylation is 1. The van der Waals surface area contributed by atoms with E-state index in [2.05, 4.69) is 10.6 Å². The third-order valence-corrected chi connectivity index (χ3v) is 5.38. The van der Waals surface area contributed by atoms with Gasteiger partial charge >= 0.3 is 6.09 Å². The lowest BCUT2D eigenvalue weighted by atomic mass is 10.1. The monoisotopic (exact) mass is 387 g/mol. The molecule has 2 aliphatic rings. The normalized spacial score (nSPS) is 21.7. The van der Waals surface area contributed by atoms with Crippen molar-refractivity contribution in [3.63, 3.8) is 0 Å². The second-order valence-electron chi connectivity index (χ2n) is 7.62. The summed E-state index contributed by atoms with van der Waals surface area (Å²) in [6, 6.07) is 8.06. The first kappa shape index (κ1) is 20.2. The third-order valence-electron chi connectivity index (χ3n) is 5.38. The lowest BCUT2D eigenvalue weighted by Crippen LogP contribution is -2.47. The van der Waals surface area contributed by atoms with Gasteiger partial charge in [0.1, 0.15) is 0 Å². The average molecular weight is 387 g/mol. The Morgan fingerprint density at radius 1 is 1.14 bits per heavy atom.